The van der Waals surface area contributed by atoms with Crippen LogP contribution in [0.4, 0.5) is 14.5 Å². The van der Waals surface area contributed by atoms with Crippen LogP contribution in [-0.4, -0.2) is 26.7 Å². The normalized spacial score (nSPS) is 11.0. The minimum absolute atomic E-state index is 0.133. The van der Waals surface area contributed by atoms with E-state index in [1.54, 1.807) is 30.5 Å². The molecule has 3 aromatic heterocycles. The van der Waals surface area contributed by atoms with Gasteiger partial charge in [0.15, 0.2) is 11.5 Å². The van der Waals surface area contributed by atoms with Gasteiger partial charge in [-0.2, -0.15) is 4.39 Å². The van der Waals surface area contributed by atoms with Gasteiger partial charge in [0.2, 0.25) is 5.95 Å². The minimum atomic E-state index is -0.538. The molecule has 0 aliphatic carbocycles. The van der Waals surface area contributed by atoms with Gasteiger partial charge in [0, 0.05) is 47.4 Å². The first-order valence-corrected chi connectivity index (χ1v) is 8.60. The van der Waals surface area contributed by atoms with E-state index in [0.717, 1.165) is 5.69 Å². The van der Waals surface area contributed by atoms with E-state index in [0.29, 0.717) is 34.0 Å². The highest BCUT2D eigenvalue weighted by molar-refractivity contribution is 5.64. The average Bonchev–Trinajstić information content (AvgIpc) is 3.11. The van der Waals surface area contributed by atoms with Crippen LogP contribution in [0.5, 0.6) is 5.75 Å². The van der Waals surface area contributed by atoms with E-state index >= 15 is 0 Å². The Labute approximate surface area is 159 Å². The molecular weight excluding hydrogens is 364 g/mol. The molecular formula is C20H17F2N5O. The molecule has 4 rings (SSSR count). The number of halogens is 2. The maximum Gasteiger partial charge on any atom is 0.203 e. The van der Waals surface area contributed by atoms with Gasteiger partial charge in [-0.1, -0.05) is 6.07 Å². The highest BCUT2D eigenvalue weighted by Gasteiger charge is 2.16. The van der Waals surface area contributed by atoms with Crippen molar-refractivity contribution in [1.82, 2.24) is 19.6 Å². The van der Waals surface area contributed by atoms with Crippen molar-refractivity contribution in [3.05, 3.63) is 71.7 Å². The van der Waals surface area contributed by atoms with Crippen molar-refractivity contribution < 1.29 is 13.5 Å². The molecule has 1 aromatic carbocycles. The van der Waals surface area contributed by atoms with Crippen LogP contribution in [0.3, 0.4) is 0 Å². The monoisotopic (exact) mass is 381 g/mol. The predicted octanol–water partition coefficient (Wildman–Crippen LogP) is 4.00. The summed E-state index contributed by atoms with van der Waals surface area (Å²) in [6, 6.07) is 11.1. The van der Waals surface area contributed by atoms with Gasteiger partial charge in [-0.25, -0.2) is 4.39 Å². The van der Waals surface area contributed by atoms with Crippen molar-refractivity contribution in [2.75, 3.05) is 12.4 Å². The van der Waals surface area contributed by atoms with Crippen LogP contribution in [0, 0.1) is 18.7 Å². The Balaban J connectivity index is 1.67. The van der Waals surface area contributed by atoms with E-state index in [2.05, 4.69) is 20.5 Å². The molecule has 142 valence electrons. The van der Waals surface area contributed by atoms with Gasteiger partial charge in [0.05, 0.1) is 7.11 Å². The molecule has 28 heavy (non-hydrogen) atoms. The van der Waals surface area contributed by atoms with Gasteiger partial charge in [-0.3, -0.25) is 9.38 Å². The van der Waals surface area contributed by atoms with Crippen LogP contribution in [0.1, 0.15) is 11.3 Å². The minimum Gasteiger partial charge on any atom is -0.496 e. The lowest BCUT2D eigenvalue weighted by atomic mass is 10.2. The Hall–Kier alpha value is -3.55. The van der Waals surface area contributed by atoms with Crippen LogP contribution in [0.2, 0.25) is 0 Å². The number of aromatic nitrogens is 4. The Morgan fingerprint density at radius 3 is 2.75 bits per heavy atom. The zero-order valence-electron chi connectivity index (χ0n) is 15.3. The fraction of sp³-hybridized carbons (Fsp3) is 0.150. The van der Waals surface area contributed by atoms with Crippen molar-refractivity contribution >= 4 is 11.3 Å². The van der Waals surface area contributed by atoms with Crippen molar-refractivity contribution in [3.63, 3.8) is 0 Å². The van der Waals surface area contributed by atoms with Crippen molar-refractivity contribution in [2.24, 2.45) is 0 Å². The Morgan fingerprint density at radius 1 is 1.11 bits per heavy atom. The van der Waals surface area contributed by atoms with Crippen LogP contribution < -0.4 is 10.1 Å². The van der Waals surface area contributed by atoms with Crippen LogP contribution in [-0.2, 0) is 6.54 Å². The molecule has 3 heterocycles. The number of ether oxygens (including phenoxy) is 1. The van der Waals surface area contributed by atoms with Crippen molar-refractivity contribution in [3.8, 4) is 17.1 Å². The summed E-state index contributed by atoms with van der Waals surface area (Å²) < 4.78 is 35.4. The standard InChI is InChI=1S/C20H17F2N5O/c1-12-14(5-4-8-23-12)20-26-25-19-10-13(9-18(22)27(19)20)24-11-15-16(21)6-3-7-17(15)28-2/h3-10,24H,11H2,1-2H3. The molecule has 8 heteroatoms. The number of aryl methyl sites for hydroxylation is 1. The lowest BCUT2D eigenvalue weighted by Crippen LogP contribution is -2.06. The number of pyridine rings is 2. The van der Waals surface area contributed by atoms with E-state index in [1.165, 1.54) is 23.6 Å². The summed E-state index contributed by atoms with van der Waals surface area (Å²) in [7, 11) is 1.47. The van der Waals surface area contributed by atoms with Crippen molar-refractivity contribution in [2.45, 2.75) is 13.5 Å². The van der Waals surface area contributed by atoms with E-state index in [1.807, 2.05) is 13.0 Å². The first-order valence-electron chi connectivity index (χ1n) is 8.60. The molecule has 0 radical (unpaired) electrons. The second kappa shape index (κ2) is 7.22. The molecule has 4 aromatic rings. The summed E-state index contributed by atoms with van der Waals surface area (Å²) in [6.07, 6.45) is 1.66. The lowest BCUT2D eigenvalue weighted by molar-refractivity contribution is 0.405. The number of nitrogens with one attached hydrogen (secondary N) is 1. The number of nitrogens with zero attached hydrogens (tertiary/aromatic N) is 4. The van der Waals surface area contributed by atoms with Crippen LogP contribution in [0.25, 0.3) is 17.0 Å². The van der Waals surface area contributed by atoms with Gasteiger partial charge in [0.25, 0.3) is 0 Å². The third kappa shape index (κ3) is 3.13. The second-order valence-corrected chi connectivity index (χ2v) is 6.19. The Morgan fingerprint density at radius 2 is 1.96 bits per heavy atom. The molecule has 0 spiro atoms. The van der Waals surface area contributed by atoms with Gasteiger partial charge < -0.3 is 10.1 Å². The lowest BCUT2D eigenvalue weighted by Gasteiger charge is -2.12. The van der Waals surface area contributed by atoms with Crippen LogP contribution in [0.15, 0.2) is 48.7 Å². The molecule has 6 nitrogen and oxygen atoms in total. The first-order chi connectivity index (χ1) is 13.6. The van der Waals surface area contributed by atoms with Gasteiger partial charge in [-0.15, -0.1) is 10.2 Å². The number of methoxy groups -OCH3 is 1. The first kappa shape index (κ1) is 17.8. The summed E-state index contributed by atoms with van der Waals surface area (Å²) >= 11 is 0. The number of hydrogen-bond acceptors (Lipinski definition) is 5. The van der Waals surface area contributed by atoms with Crippen molar-refractivity contribution in [1.29, 1.82) is 0 Å². The zero-order chi connectivity index (χ0) is 19.7. The number of rotatable bonds is 5. The Kier molecular flexibility index (Phi) is 4.60. The predicted molar refractivity (Wildman–Crippen MR) is 101 cm³/mol. The highest BCUT2D eigenvalue weighted by Crippen LogP contribution is 2.26. The molecule has 0 saturated heterocycles. The maximum absolute atomic E-state index is 14.8. The summed E-state index contributed by atoms with van der Waals surface area (Å²) in [6.45, 7) is 1.96. The molecule has 0 aliphatic heterocycles. The summed E-state index contributed by atoms with van der Waals surface area (Å²) in [5, 5.41) is 11.2. The van der Waals surface area contributed by atoms with E-state index < -0.39 is 11.8 Å². The smallest absolute Gasteiger partial charge is 0.203 e. The molecule has 0 aliphatic rings. The van der Waals surface area contributed by atoms with Gasteiger partial charge in [-0.05, 0) is 31.2 Å². The molecule has 1 N–H and O–H groups in total. The third-order valence-corrected chi connectivity index (χ3v) is 4.47. The van der Waals surface area contributed by atoms with E-state index in [9.17, 15) is 8.78 Å². The number of fused-ring (bicyclic) bond motifs is 1. The quantitative estimate of drug-likeness (QED) is 0.530. The molecule has 0 fully saturated rings. The SMILES string of the molecule is COc1cccc(F)c1CNc1cc(F)n2c(-c3cccnc3C)nnc2c1. The van der Waals surface area contributed by atoms with Crippen LogP contribution >= 0.6 is 0 Å². The molecule has 0 amide bonds. The summed E-state index contributed by atoms with van der Waals surface area (Å²) in [5.41, 5.74) is 2.58. The van der Waals surface area contributed by atoms with Gasteiger partial charge >= 0.3 is 0 Å². The average molecular weight is 381 g/mol. The van der Waals surface area contributed by atoms with E-state index in [4.69, 9.17) is 4.74 Å². The summed E-state index contributed by atoms with van der Waals surface area (Å²) in [5.74, 6) is -0.139. The molecule has 0 atom stereocenters. The topological polar surface area (TPSA) is 64.3 Å². The van der Waals surface area contributed by atoms with Gasteiger partial charge in [0.1, 0.15) is 11.6 Å². The largest absolute Gasteiger partial charge is 0.496 e. The fourth-order valence-corrected chi connectivity index (χ4v) is 3.06. The fourth-order valence-electron chi connectivity index (χ4n) is 3.06. The number of hydrogen-bond donors (Lipinski definition) is 1. The maximum atomic E-state index is 14.8. The molecule has 0 saturated carbocycles. The zero-order valence-corrected chi connectivity index (χ0v) is 15.3. The number of benzene rings is 1. The highest BCUT2D eigenvalue weighted by atomic mass is 19.1. The Bertz CT molecular complexity index is 1160. The second-order valence-electron chi connectivity index (χ2n) is 6.19. The third-order valence-electron chi connectivity index (χ3n) is 4.47. The molecule has 0 bridgehead atoms. The summed E-state index contributed by atoms with van der Waals surface area (Å²) in [4.78, 5) is 4.21. The van der Waals surface area contributed by atoms with E-state index in [-0.39, 0.29) is 6.54 Å². The molecule has 0 unspecified atom stereocenters. The number of anilines is 1.